The van der Waals surface area contributed by atoms with Gasteiger partial charge >= 0.3 is 0 Å². The molecule has 2 N–H and O–H groups in total. The van der Waals surface area contributed by atoms with Crippen LogP contribution in [0.25, 0.3) is 11.5 Å². The Bertz CT molecular complexity index is 462. The summed E-state index contributed by atoms with van der Waals surface area (Å²) in [6, 6.07) is 6.48. The van der Waals surface area contributed by atoms with Gasteiger partial charge in [0.15, 0.2) is 5.82 Å². The van der Waals surface area contributed by atoms with E-state index in [-0.39, 0.29) is 5.75 Å². The summed E-state index contributed by atoms with van der Waals surface area (Å²) in [5.41, 5.74) is 0.738. The molecule has 5 heteroatoms. The van der Waals surface area contributed by atoms with Gasteiger partial charge in [0.05, 0.1) is 6.10 Å². The maximum Gasteiger partial charge on any atom is 0.257 e. The quantitative estimate of drug-likeness (QED) is 0.816. The molecule has 16 heavy (non-hydrogen) atoms. The minimum atomic E-state index is -0.495. The number of phenols is 1. The summed E-state index contributed by atoms with van der Waals surface area (Å²) >= 11 is 0. The number of hydrogen-bond donors (Lipinski definition) is 2. The van der Waals surface area contributed by atoms with Crippen molar-refractivity contribution in [3.05, 3.63) is 30.1 Å². The van der Waals surface area contributed by atoms with Crippen molar-refractivity contribution in [2.45, 2.75) is 19.4 Å². The van der Waals surface area contributed by atoms with Gasteiger partial charge in [-0.1, -0.05) is 5.16 Å². The van der Waals surface area contributed by atoms with Crippen molar-refractivity contribution in [3.63, 3.8) is 0 Å². The van der Waals surface area contributed by atoms with Gasteiger partial charge in [0, 0.05) is 12.0 Å². The van der Waals surface area contributed by atoms with E-state index in [4.69, 9.17) is 14.7 Å². The fourth-order valence-corrected chi connectivity index (χ4v) is 1.32. The number of benzene rings is 1. The van der Waals surface area contributed by atoms with E-state index in [0.717, 1.165) is 5.56 Å². The zero-order valence-corrected chi connectivity index (χ0v) is 8.79. The Balaban J connectivity index is 2.21. The zero-order chi connectivity index (χ0) is 11.5. The van der Waals surface area contributed by atoms with Crippen molar-refractivity contribution in [2.24, 2.45) is 0 Å². The first-order valence-electron chi connectivity index (χ1n) is 4.95. The third-order valence-corrected chi connectivity index (χ3v) is 2.06. The number of hydrogen-bond acceptors (Lipinski definition) is 5. The molecule has 0 bridgehead atoms. The fourth-order valence-electron chi connectivity index (χ4n) is 1.32. The highest BCUT2D eigenvalue weighted by molar-refractivity contribution is 5.53. The maximum atomic E-state index is 9.17. The van der Waals surface area contributed by atoms with Crippen molar-refractivity contribution in [1.82, 2.24) is 10.1 Å². The average molecular weight is 220 g/mol. The summed E-state index contributed by atoms with van der Waals surface area (Å²) in [4.78, 5) is 4.13. The van der Waals surface area contributed by atoms with Crippen LogP contribution in [0.5, 0.6) is 5.75 Å². The largest absolute Gasteiger partial charge is 0.508 e. The van der Waals surface area contributed by atoms with Crippen LogP contribution in [0, 0.1) is 0 Å². The van der Waals surface area contributed by atoms with Gasteiger partial charge in [0.2, 0.25) is 0 Å². The normalized spacial score (nSPS) is 12.6. The van der Waals surface area contributed by atoms with E-state index < -0.39 is 6.10 Å². The Labute approximate surface area is 92.4 Å². The molecule has 0 radical (unpaired) electrons. The van der Waals surface area contributed by atoms with Gasteiger partial charge in [-0.25, -0.2) is 0 Å². The monoisotopic (exact) mass is 220 g/mol. The molecule has 2 rings (SSSR count). The van der Waals surface area contributed by atoms with E-state index in [1.54, 1.807) is 31.2 Å². The van der Waals surface area contributed by atoms with E-state index in [0.29, 0.717) is 18.1 Å². The predicted molar refractivity (Wildman–Crippen MR) is 56.8 cm³/mol. The molecule has 1 atom stereocenters. The van der Waals surface area contributed by atoms with Gasteiger partial charge in [-0.15, -0.1) is 0 Å². The minimum absolute atomic E-state index is 0.187. The smallest absolute Gasteiger partial charge is 0.257 e. The molecule has 0 amide bonds. The molecule has 1 aromatic carbocycles. The molecule has 2 aromatic rings. The van der Waals surface area contributed by atoms with Crippen LogP contribution in [-0.4, -0.2) is 26.5 Å². The standard InChI is InChI=1S/C11H12N2O3/c1-7(14)6-10-12-11(16-13-10)8-2-4-9(15)5-3-8/h2-5,7,14-15H,6H2,1H3. The molecule has 0 fully saturated rings. The third kappa shape index (κ3) is 2.38. The maximum absolute atomic E-state index is 9.17. The molecule has 0 aliphatic rings. The summed E-state index contributed by atoms with van der Waals surface area (Å²) in [7, 11) is 0. The van der Waals surface area contributed by atoms with Gasteiger partial charge in [0.1, 0.15) is 5.75 Å². The second kappa shape index (κ2) is 4.32. The molecule has 0 spiro atoms. The predicted octanol–water partition coefficient (Wildman–Crippen LogP) is 1.37. The van der Waals surface area contributed by atoms with Gasteiger partial charge in [0.25, 0.3) is 5.89 Å². The van der Waals surface area contributed by atoms with E-state index in [1.165, 1.54) is 0 Å². The molecular formula is C11H12N2O3. The molecule has 0 aliphatic heterocycles. The molecule has 84 valence electrons. The summed E-state index contributed by atoms with van der Waals surface area (Å²) in [6.45, 7) is 1.66. The van der Waals surface area contributed by atoms with E-state index in [9.17, 15) is 0 Å². The molecule has 0 aliphatic carbocycles. The van der Waals surface area contributed by atoms with Crippen molar-refractivity contribution < 1.29 is 14.7 Å². The number of nitrogens with zero attached hydrogens (tertiary/aromatic N) is 2. The first kappa shape index (κ1) is 10.6. The number of aromatic nitrogens is 2. The fraction of sp³-hybridized carbons (Fsp3) is 0.273. The van der Waals surface area contributed by atoms with Crippen LogP contribution in [0.2, 0.25) is 0 Å². The number of aromatic hydroxyl groups is 1. The highest BCUT2D eigenvalue weighted by atomic mass is 16.5. The van der Waals surface area contributed by atoms with Crippen LogP contribution < -0.4 is 0 Å². The number of aliphatic hydroxyl groups is 1. The molecule has 0 saturated carbocycles. The number of phenolic OH excluding ortho intramolecular Hbond substituents is 1. The van der Waals surface area contributed by atoms with Crippen LogP contribution in [-0.2, 0) is 6.42 Å². The summed E-state index contributed by atoms with van der Waals surface area (Å²) in [5, 5.41) is 22.0. The van der Waals surface area contributed by atoms with Crippen LogP contribution in [0.4, 0.5) is 0 Å². The summed E-state index contributed by atoms with van der Waals surface area (Å²) < 4.78 is 5.04. The Morgan fingerprint density at radius 2 is 2.00 bits per heavy atom. The van der Waals surface area contributed by atoms with Crippen LogP contribution in [0.3, 0.4) is 0 Å². The molecular weight excluding hydrogens is 208 g/mol. The van der Waals surface area contributed by atoms with Crippen molar-refractivity contribution in [1.29, 1.82) is 0 Å². The molecule has 1 heterocycles. The van der Waals surface area contributed by atoms with Crippen LogP contribution in [0.15, 0.2) is 28.8 Å². The van der Waals surface area contributed by atoms with Gasteiger partial charge < -0.3 is 14.7 Å². The summed E-state index contributed by atoms with van der Waals surface area (Å²) in [5.74, 6) is 1.04. The zero-order valence-electron chi connectivity index (χ0n) is 8.79. The van der Waals surface area contributed by atoms with Gasteiger partial charge in [-0.05, 0) is 31.2 Å². The van der Waals surface area contributed by atoms with Crippen LogP contribution in [0.1, 0.15) is 12.7 Å². The Kier molecular flexibility index (Phi) is 2.87. The highest BCUT2D eigenvalue weighted by Gasteiger charge is 2.10. The second-order valence-corrected chi connectivity index (χ2v) is 3.62. The lowest BCUT2D eigenvalue weighted by Gasteiger charge is -1.96. The molecule has 1 aromatic heterocycles. The molecule has 5 nitrogen and oxygen atoms in total. The minimum Gasteiger partial charge on any atom is -0.508 e. The van der Waals surface area contributed by atoms with Crippen molar-refractivity contribution >= 4 is 0 Å². The van der Waals surface area contributed by atoms with Crippen LogP contribution >= 0.6 is 0 Å². The van der Waals surface area contributed by atoms with Crippen molar-refractivity contribution in [3.8, 4) is 17.2 Å². The van der Waals surface area contributed by atoms with Crippen molar-refractivity contribution in [2.75, 3.05) is 0 Å². The Hall–Kier alpha value is -1.88. The summed E-state index contributed by atoms with van der Waals surface area (Å²) in [6.07, 6.45) is -0.132. The Morgan fingerprint density at radius 1 is 1.31 bits per heavy atom. The number of rotatable bonds is 3. The lowest BCUT2D eigenvalue weighted by atomic mass is 10.2. The highest BCUT2D eigenvalue weighted by Crippen LogP contribution is 2.20. The number of aliphatic hydroxyl groups excluding tert-OH is 1. The first-order valence-corrected chi connectivity index (χ1v) is 4.95. The van der Waals surface area contributed by atoms with Gasteiger partial charge in [-0.3, -0.25) is 0 Å². The van der Waals surface area contributed by atoms with E-state index >= 15 is 0 Å². The average Bonchev–Trinajstić information content (AvgIpc) is 2.66. The third-order valence-electron chi connectivity index (χ3n) is 2.06. The SMILES string of the molecule is CC(O)Cc1noc(-c2ccc(O)cc2)n1. The van der Waals surface area contributed by atoms with E-state index in [2.05, 4.69) is 10.1 Å². The van der Waals surface area contributed by atoms with Gasteiger partial charge in [-0.2, -0.15) is 4.98 Å². The lowest BCUT2D eigenvalue weighted by molar-refractivity contribution is 0.191. The first-order chi connectivity index (χ1) is 7.65. The Morgan fingerprint density at radius 3 is 2.62 bits per heavy atom. The topological polar surface area (TPSA) is 79.4 Å². The molecule has 1 unspecified atom stereocenters. The second-order valence-electron chi connectivity index (χ2n) is 3.62. The lowest BCUT2D eigenvalue weighted by Crippen LogP contribution is -2.05. The van der Waals surface area contributed by atoms with E-state index in [1.807, 2.05) is 0 Å². The molecule has 0 saturated heterocycles.